The minimum absolute atomic E-state index is 0.169. The molecule has 2 aromatic carbocycles. The SMILES string of the molecule is Cc1ccc(C(=O)NNC(=O)COc2cccc(C)c2C)c(C)c1. The largest absolute Gasteiger partial charge is 0.483 e. The number of rotatable bonds is 4. The molecule has 0 spiro atoms. The van der Waals surface area contributed by atoms with Crippen LogP contribution < -0.4 is 15.6 Å². The van der Waals surface area contributed by atoms with Gasteiger partial charge in [-0.05, 0) is 56.5 Å². The molecule has 5 heteroatoms. The van der Waals surface area contributed by atoms with Gasteiger partial charge in [-0.25, -0.2) is 0 Å². The number of carbonyl (C=O) groups excluding carboxylic acids is 2. The lowest BCUT2D eigenvalue weighted by atomic mass is 10.1. The molecule has 0 bridgehead atoms. The molecule has 0 saturated heterocycles. The molecule has 0 aliphatic carbocycles. The highest BCUT2D eigenvalue weighted by Gasteiger charge is 2.11. The lowest BCUT2D eigenvalue weighted by molar-refractivity contribution is -0.123. The maximum absolute atomic E-state index is 12.1. The van der Waals surface area contributed by atoms with E-state index in [4.69, 9.17) is 4.74 Å². The molecular formula is C19H22N2O3. The van der Waals surface area contributed by atoms with Crippen LogP contribution in [0.5, 0.6) is 5.75 Å². The van der Waals surface area contributed by atoms with Gasteiger partial charge in [0.25, 0.3) is 11.8 Å². The van der Waals surface area contributed by atoms with E-state index in [1.807, 2.05) is 58.0 Å². The van der Waals surface area contributed by atoms with Gasteiger partial charge in [-0.2, -0.15) is 0 Å². The fraction of sp³-hybridized carbons (Fsp3) is 0.263. The van der Waals surface area contributed by atoms with Crippen LogP contribution >= 0.6 is 0 Å². The molecule has 0 saturated carbocycles. The molecule has 0 aliphatic rings. The van der Waals surface area contributed by atoms with Gasteiger partial charge >= 0.3 is 0 Å². The minimum atomic E-state index is -0.422. The standard InChI is InChI=1S/C19H22N2O3/c1-12-8-9-16(14(3)10-12)19(23)21-20-18(22)11-24-17-7-5-6-13(2)15(17)4/h5-10H,11H2,1-4H3,(H,20,22)(H,21,23). The lowest BCUT2D eigenvalue weighted by Gasteiger charge is -2.12. The molecular weight excluding hydrogens is 304 g/mol. The topological polar surface area (TPSA) is 67.4 Å². The Morgan fingerprint density at radius 1 is 0.958 bits per heavy atom. The second-order valence-electron chi connectivity index (χ2n) is 5.81. The zero-order valence-electron chi connectivity index (χ0n) is 14.4. The Balaban J connectivity index is 1.87. The van der Waals surface area contributed by atoms with Crippen molar-refractivity contribution in [2.75, 3.05) is 6.61 Å². The molecule has 0 radical (unpaired) electrons. The van der Waals surface area contributed by atoms with Crippen LogP contribution in [0, 0.1) is 27.7 Å². The molecule has 2 amide bonds. The van der Waals surface area contributed by atoms with E-state index in [0.717, 1.165) is 22.3 Å². The van der Waals surface area contributed by atoms with Crippen molar-refractivity contribution in [2.45, 2.75) is 27.7 Å². The predicted molar refractivity (Wildman–Crippen MR) is 92.9 cm³/mol. The number of amides is 2. The second kappa shape index (κ2) is 7.64. The molecule has 24 heavy (non-hydrogen) atoms. The highest BCUT2D eigenvalue weighted by atomic mass is 16.5. The summed E-state index contributed by atoms with van der Waals surface area (Å²) >= 11 is 0. The third-order valence-corrected chi connectivity index (χ3v) is 3.86. The predicted octanol–water partition coefficient (Wildman–Crippen LogP) is 2.76. The lowest BCUT2D eigenvalue weighted by Crippen LogP contribution is -2.44. The molecule has 5 nitrogen and oxygen atoms in total. The molecule has 0 aromatic heterocycles. The van der Waals surface area contributed by atoms with Crippen molar-refractivity contribution in [3.8, 4) is 5.75 Å². The highest BCUT2D eigenvalue weighted by Crippen LogP contribution is 2.20. The van der Waals surface area contributed by atoms with Crippen molar-refractivity contribution in [2.24, 2.45) is 0 Å². The Hall–Kier alpha value is -2.82. The van der Waals surface area contributed by atoms with Crippen LogP contribution in [0.1, 0.15) is 32.6 Å². The van der Waals surface area contributed by atoms with Crippen molar-refractivity contribution in [3.05, 3.63) is 64.2 Å². The molecule has 0 fully saturated rings. The molecule has 126 valence electrons. The summed E-state index contributed by atoms with van der Waals surface area (Å²) in [5.74, 6) is -0.118. The zero-order chi connectivity index (χ0) is 17.7. The highest BCUT2D eigenvalue weighted by molar-refractivity contribution is 5.96. The Morgan fingerprint density at radius 3 is 2.42 bits per heavy atom. The normalized spacial score (nSPS) is 10.2. The Labute approximate surface area is 142 Å². The minimum Gasteiger partial charge on any atom is -0.483 e. The fourth-order valence-corrected chi connectivity index (χ4v) is 2.32. The summed E-state index contributed by atoms with van der Waals surface area (Å²) in [5.41, 5.74) is 9.31. The summed E-state index contributed by atoms with van der Waals surface area (Å²) < 4.78 is 5.49. The maximum Gasteiger partial charge on any atom is 0.276 e. The van der Waals surface area contributed by atoms with Crippen LogP contribution in [0.15, 0.2) is 36.4 Å². The smallest absolute Gasteiger partial charge is 0.276 e. The van der Waals surface area contributed by atoms with Gasteiger partial charge in [-0.3, -0.25) is 20.4 Å². The molecule has 2 N–H and O–H groups in total. The van der Waals surface area contributed by atoms with Crippen molar-refractivity contribution in [1.29, 1.82) is 0 Å². The van der Waals surface area contributed by atoms with Crippen molar-refractivity contribution in [3.63, 3.8) is 0 Å². The van der Waals surface area contributed by atoms with Crippen LogP contribution in [0.3, 0.4) is 0 Å². The van der Waals surface area contributed by atoms with Crippen molar-refractivity contribution >= 4 is 11.8 Å². The van der Waals surface area contributed by atoms with E-state index < -0.39 is 5.91 Å². The third kappa shape index (κ3) is 4.35. The average Bonchev–Trinajstić information content (AvgIpc) is 2.54. The number of ether oxygens (including phenoxy) is 1. The summed E-state index contributed by atoms with van der Waals surface area (Å²) in [6, 6.07) is 11.2. The van der Waals surface area contributed by atoms with Crippen LogP contribution in [0.2, 0.25) is 0 Å². The molecule has 0 aliphatic heterocycles. The third-order valence-electron chi connectivity index (χ3n) is 3.86. The van der Waals surface area contributed by atoms with Crippen LogP contribution in [-0.2, 0) is 4.79 Å². The fourth-order valence-electron chi connectivity index (χ4n) is 2.32. The first-order chi connectivity index (χ1) is 11.4. The summed E-state index contributed by atoms with van der Waals surface area (Å²) in [6.07, 6.45) is 0. The summed E-state index contributed by atoms with van der Waals surface area (Å²) in [7, 11) is 0. The second-order valence-corrected chi connectivity index (χ2v) is 5.81. The number of aryl methyl sites for hydroxylation is 3. The van der Waals surface area contributed by atoms with Gasteiger partial charge in [-0.1, -0.05) is 29.8 Å². The maximum atomic E-state index is 12.1. The van der Waals surface area contributed by atoms with Crippen molar-refractivity contribution < 1.29 is 14.3 Å². The van der Waals surface area contributed by atoms with Crippen LogP contribution in [0.25, 0.3) is 0 Å². The van der Waals surface area contributed by atoms with Gasteiger partial charge in [0.05, 0.1) is 0 Å². The number of hydrazine groups is 1. The van der Waals surface area contributed by atoms with E-state index in [1.54, 1.807) is 6.07 Å². The Morgan fingerprint density at radius 2 is 1.71 bits per heavy atom. The first-order valence-corrected chi connectivity index (χ1v) is 7.74. The van der Waals surface area contributed by atoms with E-state index in [1.165, 1.54) is 0 Å². The van der Waals surface area contributed by atoms with Gasteiger partial charge in [0.2, 0.25) is 0 Å². The van der Waals surface area contributed by atoms with E-state index in [0.29, 0.717) is 11.3 Å². The number of benzene rings is 2. The van der Waals surface area contributed by atoms with E-state index >= 15 is 0 Å². The van der Waals surface area contributed by atoms with Gasteiger partial charge in [0.1, 0.15) is 5.75 Å². The molecule has 0 heterocycles. The van der Waals surface area contributed by atoms with Crippen LogP contribution in [-0.4, -0.2) is 18.4 Å². The number of hydrogen-bond acceptors (Lipinski definition) is 3. The van der Waals surface area contributed by atoms with Gasteiger partial charge in [0.15, 0.2) is 6.61 Å². The summed E-state index contributed by atoms with van der Waals surface area (Å²) in [5, 5.41) is 0. The molecule has 0 atom stereocenters. The van der Waals surface area contributed by atoms with Crippen molar-refractivity contribution in [1.82, 2.24) is 10.9 Å². The van der Waals surface area contributed by atoms with Gasteiger partial charge in [-0.15, -0.1) is 0 Å². The number of nitrogens with one attached hydrogen (secondary N) is 2. The molecule has 2 aromatic rings. The Kier molecular flexibility index (Phi) is 5.58. The van der Waals surface area contributed by atoms with Gasteiger partial charge < -0.3 is 4.74 Å². The van der Waals surface area contributed by atoms with E-state index in [-0.39, 0.29) is 12.5 Å². The molecule has 2 rings (SSSR count). The monoisotopic (exact) mass is 326 g/mol. The van der Waals surface area contributed by atoms with E-state index in [2.05, 4.69) is 10.9 Å². The van der Waals surface area contributed by atoms with Gasteiger partial charge in [0, 0.05) is 5.56 Å². The van der Waals surface area contributed by atoms with Crippen LogP contribution in [0.4, 0.5) is 0 Å². The molecule has 0 unspecified atom stereocenters. The average molecular weight is 326 g/mol. The summed E-state index contributed by atoms with van der Waals surface area (Å²) in [4.78, 5) is 23.9. The Bertz CT molecular complexity index is 769. The zero-order valence-corrected chi connectivity index (χ0v) is 14.4. The number of hydrogen-bond donors (Lipinski definition) is 2. The first kappa shape index (κ1) is 17.5. The van der Waals surface area contributed by atoms with E-state index in [9.17, 15) is 9.59 Å². The summed E-state index contributed by atoms with van der Waals surface area (Å²) in [6.45, 7) is 7.56. The quantitative estimate of drug-likeness (QED) is 0.849. The first-order valence-electron chi connectivity index (χ1n) is 7.74. The number of carbonyl (C=O) groups is 2.